The van der Waals surface area contributed by atoms with Gasteiger partial charge in [-0.05, 0) is 27.7 Å². The molecule has 0 radical (unpaired) electrons. The minimum atomic E-state index is -0.247. The molecule has 0 aliphatic carbocycles. The normalized spacial score (nSPS) is 10.8. The Balaban J connectivity index is 2.25. The predicted molar refractivity (Wildman–Crippen MR) is 90.0 cm³/mol. The monoisotopic (exact) mass is 338 g/mol. The van der Waals surface area contributed by atoms with Crippen LogP contribution in [0.1, 0.15) is 41.8 Å². The topological polar surface area (TPSA) is 75.2 Å². The SMILES string of the molecule is CC(=O)N(c1nc(C)c(C(=O)Nc2nc(C)cs2)s1)C(C)C. The molecular formula is C14H18N4O2S2. The van der Waals surface area contributed by atoms with Crippen molar-refractivity contribution in [3.05, 3.63) is 21.6 Å². The van der Waals surface area contributed by atoms with Gasteiger partial charge in [-0.15, -0.1) is 11.3 Å². The fourth-order valence-electron chi connectivity index (χ4n) is 1.98. The molecule has 2 heterocycles. The van der Waals surface area contributed by atoms with E-state index in [0.717, 1.165) is 5.69 Å². The van der Waals surface area contributed by atoms with E-state index in [1.807, 2.05) is 26.2 Å². The number of thiazole rings is 2. The first-order valence-corrected chi connectivity index (χ1v) is 8.50. The first kappa shape index (κ1) is 16.6. The number of nitrogens with one attached hydrogen (secondary N) is 1. The lowest BCUT2D eigenvalue weighted by Gasteiger charge is -2.21. The average Bonchev–Trinajstić information content (AvgIpc) is 2.95. The summed E-state index contributed by atoms with van der Waals surface area (Å²) in [6.45, 7) is 8.96. The molecule has 2 rings (SSSR count). The second-order valence-electron chi connectivity index (χ2n) is 5.14. The van der Waals surface area contributed by atoms with Crippen molar-refractivity contribution in [2.75, 3.05) is 10.2 Å². The van der Waals surface area contributed by atoms with Crippen LogP contribution in [0.4, 0.5) is 10.3 Å². The van der Waals surface area contributed by atoms with Crippen LogP contribution >= 0.6 is 22.7 Å². The van der Waals surface area contributed by atoms with Crippen LogP contribution in [0.5, 0.6) is 0 Å². The van der Waals surface area contributed by atoms with Gasteiger partial charge in [-0.1, -0.05) is 11.3 Å². The van der Waals surface area contributed by atoms with Crippen LogP contribution in [0, 0.1) is 13.8 Å². The molecule has 0 bridgehead atoms. The predicted octanol–water partition coefficient (Wildman–Crippen LogP) is 3.23. The molecule has 0 atom stereocenters. The first-order chi connectivity index (χ1) is 10.3. The number of aromatic nitrogens is 2. The molecule has 0 aliphatic rings. The van der Waals surface area contributed by atoms with Crippen LogP contribution in [-0.4, -0.2) is 27.8 Å². The molecule has 118 valence electrons. The highest BCUT2D eigenvalue weighted by Crippen LogP contribution is 2.28. The van der Waals surface area contributed by atoms with E-state index < -0.39 is 0 Å². The zero-order valence-corrected chi connectivity index (χ0v) is 14.8. The van der Waals surface area contributed by atoms with Crippen LogP contribution in [-0.2, 0) is 4.79 Å². The quantitative estimate of drug-likeness (QED) is 0.928. The number of amides is 2. The van der Waals surface area contributed by atoms with Crippen molar-refractivity contribution in [2.45, 2.75) is 40.7 Å². The largest absolute Gasteiger partial charge is 0.297 e. The minimum Gasteiger partial charge on any atom is -0.297 e. The molecule has 0 aliphatic heterocycles. The van der Waals surface area contributed by atoms with Gasteiger partial charge in [0.15, 0.2) is 10.3 Å². The van der Waals surface area contributed by atoms with Crippen LogP contribution < -0.4 is 10.2 Å². The number of nitrogens with zero attached hydrogens (tertiary/aromatic N) is 3. The summed E-state index contributed by atoms with van der Waals surface area (Å²) in [6.07, 6.45) is 0. The molecule has 2 amide bonds. The van der Waals surface area contributed by atoms with Crippen molar-refractivity contribution in [1.82, 2.24) is 9.97 Å². The molecular weight excluding hydrogens is 320 g/mol. The standard InChI is InChI=1S/C14H18N4O2S2/c1-7(2)18(10(5)19)14-16-9(4)11(22-14)12(20)17-13-15-8(3)6-21-13/h6-7H,1-5H3,(H,15,17,20). The number of carbonyl (C=O) groups excluding carboxylic acids is 2. The second-order valence-corrected chi connectivity index (χ2v) is 6.98. The molecule has 2 aromatic rings. The van der Waals surface area contributed by atoms with E-state index in [1.54, 1.807) is 11.8 Å². The molecule has 8 heteroatoms. The van der Waals surface area contributed by atoms with Gasteiger partial charge < -0.3 is 0 Å². The van der Waals surface area contributed by atoms with Gasteiger partial charge in [-0.25, -0.2) is 9.97 Å². The van der Waals surface area contributed by atoms with Crippen molar-refractivity contribution in [3.8, 4) is 0 Å². The van der Waals surface area contributed by atoms with Crippen LogP contribution in [0.3, 0.4) is 0 Å². The molecule has 0 unspecified atom stereocenters. The van der Waals surface area contributed by atoms with E-state index in [9.17, 15) is 9.59 Å². The third-order valence-corrected chi connectivity index (χ3v) is 4.92. The second kappa shape index (κ2) is 6.53. The minimum absolute atomic E-state index is 0.0134. The van der Waals surface area contributed by atoms with Crippen LogP contribution in [0.2, 0.25) is 0 Å². The number of anilines is 2. The van der Waals surface area contributed by atoms with Crippen molar-refractivity contribution in [1.29, 1.82) is 0 Å². The summed E-state index contributed by atoms with van der Waals surface area (Å²) in [5.74, 6) is -0.339. The zero-order chi connectivity index (χ0) is 16.4. The van der Waals surface area contributed by atoms with Gasteiger partial charge in [0.1, 0.15) is 4.88 Å². The van der Waals surface area contributed by atoms with E-state index in [2.05, 4.69) is 15.3 Å². The lowest BCUT2D eigenvalue weighted by Crippen LogP contribution is -2.34. The Kier molecular flexibility index (Phi) is 4.92. The molecule has 0 spiro atoms. The third-order valence-electron chi connectivity index (χ3n) is 2.89. The zero-order valence-electron chi connectivity index (χ0n) is 13.1. The summed E-state index contributed by atoms with van der Waals surface area (Å²) < 4.78 is 0. The van der Waals surface area contributed by atoms with Crippen molar-refractivity contribution in [2.24, 2.45) is 0 Å². The summed E-state index contributed by atoms with van der Waals surface area (Å²) in [6, 6.07) is -0.0134. The number of hydrogen-bond acceptors (Lipinski definition) is 6. The maximum atomic E-state index is 12.3. The summed E-state index contributed by atoms with van der Waals surface area (Å²) in [4.78, 5) is 34.8. The van der Waals surface area contributed by atoms with Crippen molar-refractivity contribution >= 4 is 44.8 Å². The van der Waals surface area contributed by atoms with Crippen LogP contribution in [0.15, 0.2) is 5.38 Å². The van der Waals surface area contributed by atoms with Crippen LogP contribution in [0.25, 0.3) is 0 Å². The Bertz CT molecular complexity index is 706. The highest BCUT2D eigenvalue weighted by atomic mass is 32.1. The highest BCUT2D eigenvalue weighted by Gasteiger charge is 2.23. The Hall–Kier alpha value is -1.80. The van der Waals surface area contributed by atoms with Gasteiger partial charge in [0.2, 0.25) is 5.91 Å². The smallest absolute Gasteiger partial charge is 0.269 e. The first-order valence-electron chi connectivity index (χ1n) is 6.80. The molecule has 2 aromatic heterocycles. The van der Waals surface area contributed by atoms with E-state index in [0.29, 0.717) is 20.8 Å². The summed E-state index contributed by atoms with van der Waals surface area (Å²) in [5.41, 5.74) is 1.47. The molecule has 0 saturated heterocycles. The Morgan fingerprint density at radius 3 is 2.45 bits per heavy atom. The van der Waals surface area contributed by atoms with E-state index in [4.69, 9.17) is 0 Å². The van der Waals surface area contributed by atoms with Gasteiger partial charge in [-0.3, -0.25) is 19.8 Å². The van der Waals surface area contributed by atoms with Gasteiger partial charge >= 0.3 is 0 Å². The molecule has 1 N–H and O–H groups in total. The van der Waals surface area contributed by atoms with E-state index in [-0.39, 0.29) is 17.9 Å². The average molecular weight is 338 g/mol. The fraction of sp³-hybridized carbons (Fsp3) is 0.429. The van der Waals surface area contributed by atoms with Gasteiger partial charge in [0, 0.05) is 18.3 Å². The van der Waals surface area contributed by atoms with Gasteiger partial charge in [0.05, 0.1) is 11.4 Å². The molecule has 6 nitrogen and oxygen atoms in total. The lowest BCUT2D eigenvalue weighted by atomic mass is 10.3. The van der Waals surface area contributed by atoms with Crippen molar-refractivity contribution < 1.29 is 9.59 Å². The third kappa shape index (κ3) is 3.50. The highest BCUT2D eigenvalue weighted by molar-refractivity contribution is 7.18. The fourth-order valence-corrected chi connectivity index (χ4v) is 3.80. The van der Waals surface area contributed by atoms with E-state index in [1.165, 1.54) is 29.6 Å². The summed E-state index contributed by atoms with van der Waals surface area (Å²) in [7, 11) is 0. The summed E-state index contributed by atoms with van der Waals surface area (Å²) >= 11 is 2.60. The Morgan fingerprint density at radius 1 is 1.27 bits per heavy atom. The Morgan fingerprint density at radius 2 is 1.95 bits per heavy atom. The lowest BCUT2D eigenvalue weighted by molar-refractivity contribution is -0.116. The van der Waals surface area contributed by atoms with Gasteiger partial charge in [-0.2, -0.15) is 0 Å². The van der Waals surface area contributed by atoms with E-state index >= 15 is 0 Å². The number of rotatable bonds is 4. The molecule has 0 aromatic carbocycles. The molecule has 0 fully saturated rings. The maximum Gasteiger partial charge on any atom is 0.269 e. The number of carbonyl (C=O) groups is 2. The number of hydrogen-bond donors (Lipinski definition) is 1. The maximum absolute atomic E-state index is 12.3. The molecule has 0 saturated carbocycles. The summed E-state index contributed by atoms with van der Waals surface area (Å²) in [5, 5.41) is 5.74. The molecule has 22 heavy (non-hydrogen) atoms. The Labute approximate surface area is 137 Å². The van der Waals surface area contributed by atoms with Gasteiger partial charge in [0.25, 0.3) is 5.91 Å². The van der Waals surface area contributed by atoms with Crippen molar-refractivity contribution in [3.63, 3.8) is 0 Å². The number of aryl methyl sites for hydroxylation is 2.